The molecule has 0 radical (unpaired) electrons. The van der Waals surface area contributed by atoms with Gasteiger partial charge in [0, 0.05) is 23.7 Å². The van der Waals surface area contributed by atoms with Crippen LogP contribution < -0.4 is 0 Å². The molecule has 6 heteroatoms. The summed E-state index contributed by atoms with van der Waals surface area (Å²) in [5, 5.41) is 38.8. The summed E-state index contributed by atoms with van der Waals surface area (Å²) in [6.45, 7) is 0. The van der Waals surface area contributed by atoms with Crippen LogP contribution in [0.4, 0.5) is 0 Å². The van der Waals surface area contributed by atoms with Gasteiger partial charge in [0.1, 0.15) is 11.6 Å². The average molecular weight is 284 g/mol. The van der Waals surface area contributed by atoms with Crippen molar-refractivity contribution < 1.29 is 30.0 Å². The van der Waals surface area contributed by atoms with Crippen molar-refractivity contribution in [2.75, 3.05) is 0 Å². The first-order chi connectivity index (χ1) is 9.40. The van der Waals surface area contributed by atoms with Gasteiger partial charge in [-0.2, -0.15) is 0 Å². The zero-order valence-corrected chi connectivity index (χ0v) is 11.1. The number of rotatable bonds is 0. The maximum absolute atomic E-state index is 12.5. The molecule has 0 aromatic heterocycles. The van der Waals surface area contributed by atoms with Crippen molar-refractivity contribution in [3.63, 3.8) is 0 Å². The van der Waals surface area contributed by atoms with Gasteiger partial charge in [0.2, 0.25) is 0 Å². The number of hydrogen-bond donors (Lipinski definition) is 4. The molecule has 0 saturated heterocycles. The van der Waals surface area contributed by atoms with E-state index in [-0.39, 0.29) is 37.2 Å². The number of aliphatic hydroxyl groups is 4. The summed E-state index contributed by atoms with van der Waals surface area (Å²) in [6.07, 6.45) is -3.44. The zero-order valence-electron chi connectivity index (χ0n) is 11.1. The Morgan fingerprint density at radius 2 is 0.750 bits per heavy atom. The molecule has 0 aromatic rings. The Kier molecular flexibility index (Phi) is 3.44. The molecule has 0 amide bonds. The van der Waals surface area contributed by atoms with Gasteiger partial charge < -0.3 is 20.4 Å². The third kappa shape index (κ3) is 2.02. The highest BCUT2D eigenvalue weighted by Gasteiger charge is 2.55. The Labute approximate surface area is 116 Å². The standard InChI is InChI=1S/C14H20O6/c15-9-1-5-6(2-10(9)16)14(20)8-4-12(18)11(17)3-7(8)13(5)19/h5-12,15-18H,1-4H2/t5-,6+,7-,8+,9-,10-,11-,12-/m0/s1. The van der Waals surface area contributed by atoms with Crippen LogP contribution in [0.5, 0.6) is 0 Å². The van der Waals surface area contributed by atoms with Crippen molar-refractivity contribution in [3.8, 4) is 0 Å². The minimum Gasteiger partial charge on any atom is -0.390 e. The molecule has 4 N–H and O–H groups in total. The van der Waals surface area contributed by atoms with Crippen LogP contribution in [-0.2, 0) is 9.59 Å². The fourth-order valence-electron chi connectivity index (χ4n) is 4.13. The number of carbonyl (C=O) groups excluding carboxylic acids is 2. The van der Waals surface area contributed by atoms with Gasteiger partial charge in [0.25, 0.3) is 0 Å². The summed E-state index contributed by atoms with van der Waals surface area (Å²) < 4.78 is 0. The number of ketones is 2. The average Bonchev–Trinajstić information content (AvgIpc) is 2.41. The van der Waals surface area contributed by atoms with E-state index >= 15 is 0 Å². The second kappa shape index (κ2) is 4.87. The van der Waals surface area contributed by atoms with Crippen LogP contribution in [0.3, 0.4) is 0 Å². The van der Waals surface area contributed by atoms with Gasteiger partial charge in [-0.3, -0.25) is 9.59 Å². The summed E-state index contributed by atoms with van der Waals surface area (Å²) in [4.78, 5) is 25.0. The smallest absolute Gasteiger partial charge is 0.140 e. The molecule has 0 spiro atoms. The van der Waals surface area contributed by atoms with Crippen LogP contribution in [0.1, 0.15) is 25.7 Å². The van der Waals surface area contributed by atoms with Crippen LogP contribution in [0.15, 0.2) is 0 Å². The molecule has 20 heavy (non-hydrogen) atoms. The molecule has 8 atom stereocenters. The van der Waals surface area contributed by atoms with Crippen molar-refractivity contribution >= 4 is 11.6 Å². The molecule has 6 nitrogen and oxygen atoms in total. The highest BCUT2D eigenvalue weighted by molar-refractivity contribution is 6.00. The molecule has 0 heterocycles. The molecular formula is C14H20O6. The number of Topliss-reactive ketones (excluding diaryl/α,β-unsaturated/α-hetero) is 2. The number of hydrogen-bond acceptors (Lipinski definition) is 6. The third-order valence-electron chi connectivity index (χ3n) is 5.30. The summed E-state index contributed by atoms with van der Waals surface area (Å²) in [5.41, 5.74) is 0. The van der Waals surface area contributed by atoms with Crippen molar-refractivity contribution in [3.05, 3.63) is 0 Å². The first-order valence-corrected chi connectivity index (χ1v) is 7.20. The minimum atomic E-state index is -0.969. The molecule has 3 saturated carbocycles. The largest absolute Gasteiger partial charge is 0.390 e. The van der Waals surface area contributed by atoms with Gasteiger partial charge in [-0.1, -0.05) is 0 Å². The molecule has 3 rings (SSSR count). The molecule has 0 aliphatic heterocycles. The van der Waals surface area contributed by atoms with Crippen LogP contribution in [0, 0.1) is 23.7 Å². The normalized spacial score (nSPS) is 52.4. The number of carbonyl (C=O) groups is 2. The highest BCUT2D eigenvalue weighted by atomic mass is 16.3. The second-order valence-corrected chi connectivity index (χ2v) is 6.44. The van der Waals surface area contributed by atoms with Crippen LogP contribution in [0.2, 0.25) is 0 Å². The lowest BCUT2D eigenvalue weighted by Gasteiger charge is -2.47. The summed E-state index contributed by atoms with van der Waals surface area (Å²) >= 11 is 0. The van der Waals surface area contributed by atoms with Crippen molar-refractivity contribution in [1.82, 2.24) is 0 Å². The van der Waals surface area contributed by atoms with Crippen LogP contribution in [-0.4, -0.2) is 56.4 Å². The summed E-state index contributed by atoms with van der Waals surface area (Å²) in [5.74, 6) is -2.41. The van der Waals surface area contributed by atoms with Gasteiger partial charge in [0.15, 0.2) is 0 Å². The van der Waals surface area contributed by atoms with Crippen molar-refractivity contribution in [2.45, 2.75) is 50.1 Å². The van der Waals surface area contributed by atoms with Crippen molar-refractivity contribution in [2.24, 2.45) is 23.7 Å². The lowest BCUT2D eigenvalue weighted by atomic mass is 9.57. The fraction of sp³-hybridized carbons (Fsp3) is 0.857. The van der Waals surface area contributed by atoms with Gasteiger partial charge in [-0.25, -0.2) is 0 Å². The predicted molar refractivity (Wildman–Crippen MR) is 66.5 cm³/mol. The Morgan fingerprint density at radius 1 is 0.550 bits per heavy atom. The van der Waals surface area contributed by atoms with Gasteiger partial charge in [0.05, 0.1) is 24.4 Å². The first kappa shape index (κ1) is 14.1. The second-order valence-electron chi connectivity index (χ2n) is 6.44. The van der Waals surface area contributed by atoms with E-state index in [0.29, 0.717) is 0 Å². The van der Waals surface area contributed by atoms with Crippen LogP contribution >= 0.6 is 0 Å². The maximum Gasteiger partial charge on any atom is 0.140 e. The van der Waals surface area contributed by atoms with Crippen LogP contribution in [0.25, 0.3) is 0 Å². The molecule has 0 bridgehead atoms. The van der Waals surface area contributed by atoms with E-state index in [2.05, 4.69) is 0 Å². The minimum absolute atomic E-state index is 0.100. The molecule has 3 aliphatic rings. The Balaban J connectivity index is 1.88. The Hall–Kier alpha value is -0.820. The molecule has 0 aromatic carbocycles. The zero-order chi connectivity index (χ0) is 14.6. The first-order valence-electron chi connectivity index (χ1n) is 7.20. The highest BCUT2D eigenvalue weighted by Crippen LogP contribution is 2.46. The monoisotopic (exact) mass is 284 g/mol. The predicted octanol–water partition coefficient (Wildman–Crippen LogP) is -1.37. The number of aliphatic hydroxyl groups excluding tert-OH is 4. The quantitative estimate of drug-likeness (QED) is 0.436. The Morgan fingerprint density at radius 3 is 0.950 bits per heavy atom. The topological polar surface area (TPSA) is 115 Å². The number of fused-ring (bicyclic) bond motifs is 2. The van der Waals surface area contributed by atoms with Gasteiger partial charge >= 0.3 is 0 Å². The summed E-state index contributed by atoms with van der Waals surface area (Å²) in [7, 11) is 0. The van der Waals surface area contributed by atoms with Crippen molar-refractivity contribution in [1.29, 1.82) is 0 Å². The SMILES string of the molecule is O=C1[C@H]2C[C@H](O)[C@@H](O)C[C@H]2C(=O)[C@@H]2C[C@H](O)[C@@H](O)C[C@H]12. The van der Waals surface area contributed by atoms with Gasteiger partial charge in [-0.15, -0.1) is 0 Å². The third-order valence-corrected chi connectivity index (χ3v) is 5.30. The van der Waals surface area contributed by atoms with E-state index in [1.165, 1.54) is 0 Å². The van der Waals surface area contributed by atoms with E-state index < -0.39 is 48.1 Å². The fourth-order valence-corrected chi connectivity index (χ4v) is 4.13. The van der Waals surface area contributed by atoms with Gasteiger partial charge in [-0.05, 0) is 25.7 Å². The van der Waals surface area contributed by atoms with E-state index in [4.69, 9.17) is 0 Å². The molecule has 3 fully saturated rings. The lowest BCUT2D eigenvalue weighted by molar-refractivity contribution is -0.164. The summed E-state index contributed by atoms with van der Waals surface area (Å²) in [6, 6.07) is 0. The lowest BCUT2D eigenvalue weighted by Crippen LogP contribution is -2.57. The molecule has 3 aliphatic carbocycles. The molecular weight excluding hydrogens is 264 g/mol. The Bertz CT molecular complexity index is 359. The van der Waals surface area contributed by atoms with E-state index in [9.17, 15) is 30.0 Å². The van der Waals surface area contributed by atoms with E-state index in [1.54, 1.807) is 0 Å². The maximum atomic E-state index is 12.5. The molecule has 112 valence electrons. The van der Waals surface area contributed by atoms with E-state index in [1.807, 2.05) is 0 Å². The van der Waals surface area contributed by atoms with E-state index in [0.717, 1.165) is 0 Å². The molecule has 0 unspecified atom stereocenters.